The van der Waals surface area contributed by atoms with Gasteiger partial charge >= 0.3 is 0 Å². The third-order valence-electron chi connectivity index (χ3n) is 1.72. The van der Waals surface area contributed by atoms with Gasteiger partial charge in [-0.1, -0.05) is 0 Å². The van der Waals surface area contributed by atoms with Crippen LogP contribution >= 0.6 is 43.2 Å². The Hall–Kier alpha value is -0.300. The van der Waals surface area contributed by atoms with Crippen LogP contribution in [0.15, 0.2) is 26.6 Å². The molecule has 0 unspecified atom stereocenters. The summed E-state index contributed by atoms with van der Waals surface area (Å²) in [6, 6.07) is 1.92. The normalized spacial score (nSPS) is 10.6. The third kappa shape index (κ3) is 2.44. The van der Waals surface area contributed by atoms with Gasteiger partial charge in [-0.05, 0) is 37.9 Å². The van der Waals surface area contributed by atoms with Crippen LogP contribution in [0.25, 0.3) is 10.7 Å². The highest BCUT2D eigenvalue weighted by atomic mass is 79.9. The molecule has 2 heterocycles. The highest BCUT2D eigenvalue weighted by Gasteiger charge is 2.09. The minimum atomic E-state index is -0.0371. The molecule has 2 aromatic heterocycles. The molecule has 0 aliphatic carbocycles. The van der Waals surface area contributed by atoms with Crippen LogP contribution in [-0.2, 0) is 6.61 Å². The van der Waals surface area contributed by atoms with E-state index in [0.29, 0.717) is 5.69 Å². The van der Waals surface area contributed by atoms with Crippen LogP contribution < -0.4 is 0 Å². The first-order chi connectivity index (χ1) is 7.20. The molecule has 3 nitrogen and oxygen atoms in total. The van der Waals surface area contributed by atoms with E-state index < -0.39 is 0 Å². The van der Waals surface area contributed by atoms with Gasteiger partial charge in [-0.3, -0.25) is 4.98 Å². The number of aliphatic hydroxyl groups is 1. The molecule has 0 saturated heterocycles. The van der Waals surface area contributed by atoms with Gasteiger partial charge in [0.2, 0.25) is 0 Å². The number of hydrogen-bond donors (Lipinski definition) is 1. The fraction of sp³-hybridized carbons (Fsp3) is 0.111. The maximum Gasteiger partial charge on any atom is 0.143 e. The van der Waals surface area contributed by atoms with Gasteiger partial charge in [-0.15, -0.1) is 11.3 Å². The Morgan fingerprint density at radius 1 is 1.40 bits per heavy atom. The largest absolute Gasteiger partial charge is 0.390 e. The van der Waals surface area contributed by atoms with E-state index in [1.807, 2.05) is 11.4 Å². The summed E-state index contributed by atoms with van der Waals surface area (Å²) in [6.07, 6.45) is 1.72. The highest BCUT2D eigenvalue weighted by Crippen LogP contribution is 2.30. The van der Waals surface area contributed by atoms with Crippen LogP contribution in [-0.4, -0.2) is 15.1 Å². The second-order valence-corrected chi connectivity index (χ2v) is 5.41. The molecule has 0 aliphatic heterocycles. The van der Waals surface area contributed by atoms with E-state index in [0.717, 1.165) is 19.6 Å². The first kappa shape index (κ1) is 11.2. The standard InChI is InChI=1S/C9H6Br2N2OS/c10-5-1-7(11)8(12-2-5)9-13-6(3-14)4-15-9/h1-2,4,14H,3H2. The lowest BCUT2D eigenvalue weighted by Gasteiger charge is -1.99. The van der Waals surface area contributed by atoms with Gasteiger partial charge in [0.15, 0.2) is 0 Å². The molecule has 15 heavy (non-hydrogen) atoms. The van der Waals surface area contributed by atoms with Crippen LogP contribution in [0, 0.1) is 0 Å². The molecule has 6 heteroatoms. The van der Waals surface area contributed by atoms with E-state index in [-0.39, 0.29) is 6.61 Å². The maximum absolute atomic E-state index is 8.92. The van der Waals surface area contributed by atoms with Crippen molar-refractivity contribution < 1.29 is 5.11 Å². The van der Waals surface area contributed by atoms with Crippen LogP contribution in [0.3, 0.4) is 0 Å². The summed E-state index contributed by atoms with van der Waals surface area (Å²) in [6.45, 7) is -0.0371. The minimum absolute atomic E-state index is 0.0371. The van der Waals surface area contributed by atoms with E-state index in [4.69, 9.17) is 5.11 Å². The van der Waals surface area contributed by atoms with Crippen molar-refractivity contribution in [3.8, 4) is 10.7 Å². The van der Waals surface area contributed by atoms with Crippen LogP contribution in [0.2, 0.25) is 0 Å². The van der Waals surface area contributed by atoms with Gasteiger partial charge in [-0.2, -0.15) is 0 Å². The quantitative estimate of drug-likeness (QED) is 0.905. The lowest BCUT2D eigenvalue weighted by molar-refractivity contribution is 0.278. The molecule has 0 amide bonds. The van der Waals surface area contributed by atoms with E-state index in [1.165, 1.54) is 11.3 Å². The Labute approximate surface area is 107 Å². The van der Waals surface area contributed by atoms with Crippen LogP contribution in [0.5, 0.6) is 0 Å². The zero-order chi connectivity index (χ0) is 10.8. The first-order valence-electron chi connectivity index (χ1n) is 4.07. The molecule has 0 aliphatic rings. The van der Waals surface area contributed by atoms with Crippen molar-refractivity contribution in [1.29, 1.82) is 0 Å². The second-order valence-electron chi connectivity index (χ2n) is 2.79. The van der Waals surface area contributed by atoms with Gasteiger partial charge < -0.3 is 5.11 Å². The Kier molecular flexibility index (Phi) is 3.50. The van der Waals surface area contributed by atoms with E-state index in [9.17, 15) is 0 Å². The van der Waals surface area contributed by atoms with Crippen molar-refractivity contribution in [2.45, 2.75) is 6.61 Å². The number of aromatic nitrogens is 2. The number of nitrogens with zero attached hydrogens (tertiary/aromatic N) is 2. The van der Waals surface area contributed by atoms with Gasteiger partial charge in [-0.25, -0.2) is 4.98 Å². The monoisotopic (exact) mass is 348 g/mol. The van der Waals surface area contributed by atoms with E-state index in [2.05, 4.69) is 41.8 Å². The average Bonchev–Trinajstić information content (AvgIpc) is 2.66. The number of thiazole rings is 1. The summed E-state index contributed by atoms with van der Waals surface area (Å²) in [5, 5.41) is 11.5. The molecule has 0 radical (unpaired) electrons. The number of halogens is 2. The van der Waals surface area contributed by atoms with Crippen LogP contribution in [0.4, 0.5) is 0 Å². The molecule has 0 bridgehead atoms. The number of pyridine rings is 1. The minimum Gasteiger partial charge on any atom is -0.390 e. The maximum atomic E-state index is 8.92. The van der Waals surface area contributed by atoms with Crippen molar-refractivity contribution in [3.63, 3.8) is 0 Å². The SMILES string of the molecule is OCc1csc(-c2ncc(Br)cc2Br)n1. The van der Waals surface area contributed by atoms with E-state index >= 15 is 0 Å². The van der Waals surface area contributed by atoms with Crippen molar-refractivity contribution in [2.24, 2.45) is 0 Å². The molecule has 0 aromatic carbocycles. The second kappa shape index (κ2) is 4.69. The van der Waals surface area contributed by atoms with Gasteiger partial charge in [0.05, 0.1) is 12.3 Å². The predicted molar refractivity (Wildman–Crippen MR) is 66.7 cm³/mol. The molecule has 78 valence electrons. The van der Waals surface area contributed by atoms with Gasteiger partial charge in [0.25, 0.3) is 0 Å². The fourth-order valence-electron chi connectivity index (χ4n) is 1.06. The molecule has 0 spiro atoms. The Bertz CT molecular complexity index is 487. The first-order valence-corrected chi connectivity index (χ1v) is 6.54. The van der Waals surface area contributed by atoms with E-state index in [1.54, 1.807) is 6.20 Å². The van der Waals surface area contributed by atoms with Gasteiger partial charge in [0, 0.05) is 20.5 Å². The number of rotatable bonds is 2. The number of hydrogen-bond acceptors (Lipinski definition) is 4. The average molecular weight is 350 g/mol. The number of aliphatic hydroxyl groups excluding tert-OH is 1. The molecule has 0 fully saturated rings. The topological polar surface area (TPSA) is 46.0 Å². The molecule has 1 N–H and O–H groups in total. The predicted octanol–water partition coefficient (Wildman–Crippen LogP) is 3.22. The van der Waals surface area contributed by atoms with Gasteiger partial charge in [0.1, 0.15) is 10.7 Å². The Balaban J connectivity index is 2.44. The third-order valence-corrected chi connectivity index (χ3v) is 3.66. The van der Waals surface area contributed by atoms with Crippen molar-refractivity contribution >= 4 is 43.2 Å². The summed E-state index contributed by atoms with van der Waals surface area (Å²) in [5.74, 6) is 0. The smallest absolute Gasteiger partial charge is 0.143 e. The Morgan fingerprint density at radius 2 is 2.20 bits per heavy atom. The molecule has 2 aromatic rings. The molecular formula is C9H6Br2N2OS. The van der Waals surface area contributed by atoms with Crippen molar-refractivity contribution in [1.82, 2.24) is 9.97 Å². The Morgan fingerprint density at radius 3 is 2.80 bits per heavy atom. The van der Waals surface area contributed by atoms with Crippen molar-refractivity contribution in [2.75, 3.05) is 0 Å². The lowest BCUT2D eigenvalue weighted by atomic mass is 10.3. The summed E-state index contributed by atoms with van der Waals surface area (Å²) < 4.78 is 1.80. The molecule has 0 atom stereocenters. The zero-order valence-corrected chi connectivity index (χ0v) is 11.4. The molecule has 0 saturated carbocycles. The summed E-state index contributed by atoms with van der Waals surface area (Å²) in [5.41, 5.74) is 1.47. The summed E-state index contributed by atoms with van der Waals surface area (Å²) in [4.78, 5) is 8.52. The molecule has 2 rings (SSSR count). The molecular weight excluding hydrogens is 344 g/mol. The summed E-state index contributed by atoms with van der Waals surface area (Å²) in [7, 11) is 0. The highest BCUT2D eigenvalue weighted by molar-refractivity contribution is 9.11. The zero-order valence-electron chi connectivity index (χ0n) is 7.44. The van der Waals surface area contributed by atoms with Crippen LogP contribution in [0.1, 0.15) is 5.69 Å². The van der Waals surface area contributed by atoms with Crippen molar-refractivity contribution in [3.05, 3.63) is 32.3 Å². The fourth-order valence-corrected chi connectivity index (χ4v) is 3.19. The summed E-state index contributed by atoms with van der Waals surface area (Å²) >= 11 is 8.23. The lowest BCUT2D eigenvalue weighted by Crippen LogP contribution is -1.86.